The number of carbonyl (C=O) groups is 1. The maximum Gasteiger partial charge on any atom is 0.274 e. The molecule has 1 aliphatic carbocycles. The summed E-state index contributed by atoms with van der Waals surface area (Å²) >= 11 is 0. The van der Waals surface area contributed by atoms with Gasteiger partial charge in [0.1, 0.15) is 27.6 Å². The molecule has 0 bridgehead atoms. The molecule has 0 fully saturated rings. The van der Waals surface area contributed by atoms with Gasteiger partial charge < -0.3 is 15.8 Å². The van der Waals surface area contributed by atoms with Crippen LogP contribution in [0, 0.1) is 6.92 Å². The maximum absolute atomic E-state index is 13.1. The Morgan fingerprint density at radius 1 is 1.25 bits per heavy atom. The summed E-state index contributed by atoms with van der Waals surface area (Å²) in [6, 6.07) is 7.33. The summed E-state index contributed by atoms with van der Waals surface area (Å²) < 4.78 is 30.1. The quantitative estimate of drug-likeness (QED) is 0.732. The Labute approximate surface area is 188 Å². The Morgan fingerprint density at radius 2 is 2.00 bits per heavy atom. The molecular weight excluding hydrogens is 428 g/mol. The second-order valence-corrected chi connectivity index (χ2v) is 11.6. The summed E-state index contributed by atoms with van der Waals surface area (Å²) in [7, 11) is -1.97. The fourth-order valence-corrected chi connectivity index (χ4v) is 6.14. The van der Waals surface area contributed by atoms with Gasteiger partial charge in [-0.25, -0.2) is 13.4 Å². The van der Waals surface area contributed by atoms with Gasteiger partial charge in [-0.15, -0.1) is 0 Å². The number of aliphatic imine (C=N–C) groups is 1. The van der Waals surface area contributed by atoms with Gasteiger partial charge in [-0.2, -0.15) is 0 Å². The lowest BCUT2D eigenvalue weighted by Gasteiger charge is -2.43. The van der Waals surface area contributed by atoms with E-state index in [1.54, 1.807) is 33.9 Å². The molecule has 1 aromatic heterocycles. The fraction of sp³-hybridized carbons (Fsp3) is 0.435. The lowest BCUT2D eigenvalue weighted by Crippen LogP contribution is -2.56. The minimum atomic E-state index is -3.52. The largest absolute Gasteiger partial charge is 0.495 e. The Balaban J connectivity index is 1.72. The molecule has 2 aliphatic rings. The molecule has 1 spiro atoms. The van der Waals surface area contributed by atoms with Crippen molar-refractivity contribution in [3.05, 3.63) is 52.8 Å². The van der Waals surface area contributed by atoms with Crippen LogP contribution in [0.5, 0.6) is 5.75 Å². The highest BCUT2D eigenvalue weighted by molar-refractivity contribution is 7.93. The molecule has 8 nitrogen and oxygen atoms in total. The highest BCUT2D eigenvalue weighted by Crippen LogP contribution is 2.45. The zero-order valence-corrected chi connectivity index (χ0v) is 19.5. The number of hydrogen-bond donors (Lipinski definition) is 2. The first-order chi connectivity index (χ1) is 15.0. The number of amidine groups is 1. The summed E-state index contributed by atoms with van der Waals surface area (Å²) in [6.45, 7) is 4.98. The standard InChI is InChI=1S/C23H28N4O4S/c1-14-10-17(31-4)12-25-19(14)20(28)26-16-8-7-15-6-5-9-23(18(15)11-16)13-32(29,30)22(2,3)21(24)27-23/h7-8,10-12H,5-6,9,13H2,1-4H3,(H2,24,27)(H,26,28). The molecule has 1 aromatic carbocycles. The van der Waals surface area contributed by atoms with E-state index >= 15 is 0 Å². The van der Waals surface area contributed by atoms with Crippen LogP contribution >= 0.6 is 0 Å². The first kappa shape index (κ1) is 22.3. The van der Waals surface area contributed by atoms with Gasteiger partial charge in [0.15, 0.2) is 9.84 Å². The van der Waals surface area contributed by atoms with Crippen LogP contribution in [0.1, 0.15) is 53.9 Å². The minimum absolute atomic E-state index is 0.1000. The lowest BCUT2D eigenvalue weighted by atomic mass is 9.77. The summed E-state index contributed by atoms with van der Waals surface area (Å²) in [5.74, 6) is 0.253. The van der Waals surface area contributed by atoms with Crippen LogP contribution in [0.25, 0.3) is 0 Å². The number of carbonyl (C=O) groups excluding carboxylic acids is 1. The van der Waals surface area contributed by atoms with E-state index < -0.39 is 20.1 Å². The molecule has 1 amide bonds. The number of rotatable bonds is 3. The predicted molar refractivity (Wildman–Crippen MR) is 124 cm³/mol. The van der Waals surface area contributed by atoms with Crippen LogP contribution < -0.4 is 15.8 Å². The molecule has 0 radical (unpaired) electrons. The molecule has 1 aliphatic heterocycles. The molecule has 4 rings (SSSR count). The number of benzene rings is 1. The number of nitrogens with zero attached hydrogens (tertiary/aromatic N) is 2. The predicted octanol–water partition coefficient (Wildman–Crippen LogP) is 2.75. The summed E-state index contributed by atoms with van der Waals surface area (Å²) in [5, 5.41) is 2.89. The van der Waals surface area contributed by atoms with Gasteiger partial charge in [-0.05, 0) is 74.9 Å². The molecule has 0 saturated heterocycles. The number of hydrogen-bond acceptors (Lipinski definition) is 7. The Bertz CT molecular complexity index is 1240. The smallest absolute Gasteiger partial charge is 0.274 e. The van der Waals surface area contributed by atoms with Crippen LogP contribution in [-0.2, 0) is 21.8 Å². The monoisotopic (exact) mass is 456 g/mol. The minimum Gasteiger partial charge on any atom is -0.495 e. The number of fused-ring (bicyclic) bond motifs is 2. The second kappa shape index (κ2) is 7.58. The number of nitrogens with two attached hydrogens (primary N) is 1. The van der Waals surface area contributed by atoms with Crippen LogP contribution in [-0.4, -0.2) is 42.8 Å². The molecule has 3 N–H and O–H groups in total. The van der Waals surface area contributed by atoms with Crippen molar-refractivity contribution in [1.29, 1.82) is 0 Å². The maximum atomic E-state index is 13.1. The average molecular weight is 457 g/mol. The van der Waals surface area contributed by atoms with Gasteiger partial charge in [0.2, 0.25) is 0 Å². The molecule has 2 heterocycles. The highest BCUT2D eigenvalue weighted by atomic mass is 32.2. The topological polar surface area (TPSA) is 124 Å². The molecule has 9 heteroatoms. The van der Waals surface area contributed by atoms with Crippen LogP contribution in [0.3, 0.4) is 0 Å². The SMILES string of the molecule is COc1cnc(C(=O)Nc2ccc3c(c2)C2(CCC3)CS(=O)(=O)C(C)(C)C(N)=N2)c(C)c1. The fourth-order valence-electron chi connectivity index (χ4n) is 4.42. The van der Waals surface area contributed by atoms with Crippen molar-refractivity contribution in [2.24, 2.45) is 10.7 Å². The van der Waals surface area contributed by atoms with Crippen molar-refractivity contribution in [3.8, 4) is 5.75 Å². The summed E-state index contributed by atoms with van der Waals surface area (Å²) in [5.41, 5.74) is 8.62. The Kier molecular flexibility index (Phi) is 5.27. The number of pyridine rings is 1. The van der Waals surface area contributed by atoms with Gasteiger partial charge in [-0.3, -0.25) is 9.79 Å². The first-order valence-electron chi connectivity index (χ1n) is 10.5. The summed E-state index contributed by atoms with van der Waals surface area (Å²) in [4.78, 5) is 21.8. The number of nitrogens with one attached hydrogen (secondary N) is 1. The number of ether oxygens (including phenoxy) is 1. The van der Waals surface area contributed by atoms with E-state index in [4.69, 9.17) is 15.5 Å². The molecule has 0 saturated carbocycles. The van der Waals surface area contributed by atoms with Crippen molar-refractivity contribution < 1.29 is 17.9 Å². The third-order valence-electron chi connectivity index (χ3n) is 6.57. The van der Waals surface area contributed by atoms with E-state index in [1.807, 2.05) is 18.2 Å². The molecule has 32 heavy (non-hydrogen) atoms. The van der Waals surface area contributed by atoms with Crippen molar-refractivity contribution in [2.45, 2.75) is 50.3 Å². The van der Waals surface area contributed by atoms with Crippen LogP contribution in [0.4, 0.5) is 5.69 Å². The second-order valence-electron chi connectivity index (χ2n) is 9.02. The number of aromatic nitrogens is 1. The molecule has 1 unspecified atom stereocenters. The van der Waals surface area contributed by atoms with Gasteiger partial charge in [0.05, 0.1) is 19.1 Å². The van der Waals surface area contributed by atoms with Gasteiger partial charge in [0, 0.05) is 5.69 Å². The van der Waals surface area contributed by atoms with E-state index in [-0.39, 0.29) is 17.5 Å². The van der Waals surface area contributed by atoms with Crippen LogP contribution in [0.2, 0.25) is 0 Å². The number of amides is 1. The lowest BCUT2D eigenvalue weighted by molar-refractivity contribution is 0.102. The number of anilines is 1. The highest BCUT2D eigenvalue weighted by Gasteiger charge is 2.51. The Morgan fingerprint density at radius 3 is 2.66 bits per heavy atom. The molecular formula is C23H28N4O4S. The molecule has 2 aromatic rings. The number of sulfone groups is 1. The van der Waals surface area contributed by atoms with E-state index in [0.29, 0.717) is 29.1 Å². The van der Waals surface area contributed by atoms with Crippen molar-refractivity contribution >= 4 is 27.3 Å². The van der Waals surface area contributed by atoms with Gasteiger partial charge in [-0.1, -0.05) is 6.07 Å². The van der Waals surface area contributed by atoms with Crippen molar-refractivity contribution in [3.63, 3.8) is 0 Å². The van der Waals surface area contributed by atoms with Gasteiger partial charge >= 0.3 is 0 Å². The van der Waals surface area contributed by atoms with E-state index in [9.17, 15) is 13.2 Å². The number of aryl methyl sites for hydroxylation is 2. The summed E-state index contributed by atoms with van der Waals surface area (Å²) in [6.07, 6.45) is 3.73. The van der Waals surface area contributed by atoms with E-state index in [0.717, 1.165) is 24.0 Å². The molecule has 170 valence electrons. The van der Waals surface area contributed by atoms with Gasteiger partial charge in [0.25, 0.3) is 5.91 Å². The molecule has 1 atom stereocenters. The third kappa shape index (κ3) is 3.54. The Hall–Kier alpha value is -2.94. The normalized spacial score (nSPS) is 23.2. The zero-order valence-electron chi connectivity index (χ0n) is 18.7. The van der Waals surface area contributed by atoms with Crippen molar-refractivity contribution in [1.82, 2.24) is 4.98 Å². The first-order valence-corrected chi connectivity index (χ1v) is 12.2. The third-order valence-corrected chi connectivity index (χ3v) is 9.19. The van der Waals surface area contributed by atoms with E-state index in [1.165, 1.54) is 6.20 Å². The van der Waals surface area contributed by atoms with Crippen LogP contribution in [0.15, 0.2) is 35.5 Å². The zero-order chi connectivity index (χ0) is 23.3. The van der Waals surface area contributed by atoms with E-state index in [2.05, 4.69) is 10.3 Å². The van der Waals surface area contributed by atoms with Crippen molar-refractivity contribution in [2.75, 3.05) is 18.2 Å². The number of methoxy groups -OCH3 is 1. The average Bonchev–Trinajstić information content (AvgIpc) is 2.72.